The predicted octanol–water partition coefficient (Wildman–Crippen LogP) is 5.13. The zero-order valence-corrected chi connectivity index (χ0v) is 19.8. The molecule has 3 aromatic rings. The third-order valence-electron chi connectivity index (χ3n) is 4.51. The van der Waals surface area contributed by atoms with Crippen molar-refractivity contribution in [2.75, 3.05) is 0 Å². The molecule has 1 aliphatic rings. The maximum atomic E-state index is 12.0. The lowest BCUT2D eigenvalue weighted by Gasteiger charge is -2.07. The molecule has 1 saturated heterocycles. The number of thioether (sulfide) groups is 1. The number of hydrogen-bond acceptors (Lipinski definition) is 6. The first-order valence-corrected chi connectivity index (χ1v) is 11.5. The van der Waals surface area contributed by atoms with Gasteiger partial charge in [0, 0.05) is 0 Å². The summed E-state index contributed by atoms with van der Waals surface area (Å²) >= 11 is 6.97. The van der Waals surface area contributed by atoms with Crippen molar-refractivity contribution in [1.29, 1.82) is 0 Å². The highest BCUT2D eigenvalue weighted by atomic mass is 35.5. The van der Waals surface area contributed by atoms with Gasteiger partial charge in [0.05, 0.1) is 22.8 Å². The number of halogens is 1. The van der Waals surface area contributed by atoms with Crippen LogP contribution in [0.5, 0.6) is 5.75 Å². The number of rotatable bonds is 6. The summed E-state index contributed by atoms with van der Waals surface area (Å²) in [6, 6.07) is 23.1. The summed E-state index contributed by atoms with van der Waals surface area (Å²) in [6.45, 7) is 0. The number of carboxylic acid groups (broad SMARTS) is 1. The molecule has 1 heterocycles. The highest BCUT2D eigenvalue weighted by Crippen LogP contribution is 2.30. The number of carbonyl (C=O) groups is 4. The summed E-state index contributed by atoms with van der Waals surface area (Å²) in [5.41, 5.74) is 2.31. The van der Waals surface area contributed by atoms with Gasteiger partial charge in [0.2, 0.25) is 0 Å². The summed E-state index contributed by atoms with van der Waals surface area (Å²) < 4.78 is 5.28. The smallest absolute Gasteiger partial charge is 0.315 e. The third-order valence-corrected chi connectivity index (χ3v) is 5.61. The molecule has 0 saturated carbocycles. The molecule has 1 fully saturated rings. The van der Waals surface area contributed by atoms with Crippen LogP contribution in [0.2, 0.25) is 5.02 Å². The molecule has 0 spiro atoms. The molecule has 0 unspecified atom stereocenters. The zero-order chi connectivity index (χ0) is 25.2. The monoisotopic (exact) mass is 509 g/mol. The minimum atomic E-state index is -0.786. The lowest BCUT2D eigenvalue weighted by atomic mass is 10.1. The number of hydrogen-bond donors (Lipinski definition) is 2. The number of nitrogens with one attached hydrogen (secondary N) is 1. The summed E-state index contributed by atoms with van der Waals surface area (Å²) in [5, 5.41) is 10.4. The average Bonchev–Trinajstić information content (AvgIpc) is 3.13. The van der Waals surface area contributed by atoms with Crippen LogP contribution in [0.3, 0.4) is 0 Å². The molecule has 35 heavy (non-hydrogen) atoms. The topological polar surface area (TPSA) is 110 Å². The molecule has 0 atom stereocenters. The second kappa shape index (κ2) is 12.5. The van der Waals surface area contributed by atoms with E-state index in [1.165, 1.54) is 0 Å². The summed E-state index contributed by atoms with van der Waals surface area (Å²) in [4.78, 5) is 45.1. The normalized spacial score (nSPS) is 13.6. The van der Waals surface area contributed by atoms with Gasteiger partial charge in [-0.2, -0.15) is 0 Å². The van der Waals surface area contributed by atoms with E-state index in [4.69, 9.17) is 21.4 Å². The molecular formula is C26H20ClNO6S. The second-order valence-corrected chi connectivity index (χ2v) is 8.66. The van der Waals surface area contributed by atoms with Crippen LogP contribution in [-0.4, -0.2) is 28.2 Å². The predicted molar refractivity (Wildman–Crippen MR) is 134 cm³/mol. The van der Waals surface area contributed by atoms with Crippen LogP contribution in [0, 0.1) is 0 Å². The van der Waals surface area contributed by atoms with Crippen molar-refractivity contribution >= 4 is 52.5 Å². The van der Waals surface area contributed by atoms with Gasteiger partial charge in [-0.15, -0.1) is 0 Å². The van der Waals surface area contributed by atoms with Crippen molar-refractivity contribution < 1.29 is 29.0 Å². The molecule has 2 N–H and O–H groups in total. The summed E-state index contributed by atoms with van der Waals surface area (Å²) in [6.07, 6.45) is 1.80. The molecule has 7 nitrogen and oxygen atoms in total. The van der Waals surface area contributed by atoms with E-state index in [9.17, 15) is 19.2 Å². The molecule has 0 aromatic heterocycles. The number of imide groups is 1. The minimum absolute atomic E-state index is 0.112. The van der Waals surface area contributed by atoms with Gasteiger partial charge in [-0.05, 0) is 46.7 Å². The van der Waals surface area contributed by atoms with Crippen LogP contribution in [0.1, 0.15) is 16.7 Å². The summed E-state index contributed by atoms with van der Waals surface area (Å²) in [5.74, 6) is -1.41. The lowest BCUT2D eigenvalue weighted by molar-refractivity contribution is -0.136. The molecule has 178 valence electrons. The number of aliphatic carboxylic acids is 1. The Bertz CT molecular complexity index is 1260. The molecular weight excluding hydrogens is 490 g/mol. The van der Waals surface area contributed by atoms with E-state index in [1.807, 2.05) is 48.5 Å². The van der Waals surface area contributed by atoms with E-state index in [0.717, 1.165) is 22.9 Å². The quantitative estimate of drug-likeness (QED) is 0.269. The van der Waals surface area contributed by atoms with Crippen molar-refractivity contribution in [3.8, 4) is 5.75 Å². The van der Waals surface area contributed by atoms with E-state index in [0.29, 0.717) is 5.56 Å². The first-order chi connectivity index (χ1) is 16.8. The van der Waals surface area contributed by atoms with Crippen LogP contribution < -0.4 is 10.1 Å². The van der Waals surface area contributed by atoms with Gasteiger partial charge >= 0.3 is 11.9 Å². The molecule has 0 aliphatic carbocycles. The fourth-order valence-electron chi connectivity index (χ4n) is 2.95. The maximum absolute atomic E-state index is 12.0. The minimum Gasteiger partial charge on any atom is -0.481 e. The lowest BCUT2D eigenvalue weighted by Crippen LogP contribution is -2.17. The number of amides is 2. The van der Waals surface area contributed by atoms with Gasteiger partial charge in [0.1, 0.15) is 5.75 Å². The van der Waals surface area contributed by atoms with Gasteiger partial charge in [0.25, 0.3) is 11.1 Å². The van der Waals surface area contributed by atoms with E-state index >= 15 is 0 Å². The van der Waals surface area contributed by atoms with Crippen LogP contribution >= 0.6 is 23.4 Å². The third kappa shape index (κ3) is 8.44. The fourth-order valence-corrected chi connectivity index (χ4v) is 3.86. The Morgan fingerprint density at radius 3 is 2.03 bits per heavy atom. The van der Waals surface area contributed by atoms with Gasteiger partial charge < -0.3 is 9.84 Å². The molecule has 4 rings (SSSR count). The Kier molecular flexibility index (Phi) is 9.23. The van der Waals surface area contributed by atoms with E-state index < -0.39 is 23.1 Å². The van der Waals surface area contributed by atoms with Crippen molar-refractivity contribution in [3.05, 3.63) is 105 Å². The molecule has 0 radical (unpaired) electrons. The first kappa shape index (κ1) is 25.7. The Labute approximate surface area is 210 Å². The van der Waals surface area contributed by atoms with Crippen LogP contribution in [-0.2, 0) is 27.2 Å². The Morgan fingerprint density at radius 1 is 0.914 bits per heavy atom. The fraction of sp³-hybridized carbons (Fsp3) is 0.0769. The van der Waals surface area contributed by atoms with E-state index in [2.05, 4.69) is 5.32 Å². The average molecular weight is 510 g/mol. The number of esters is 1. The number of ether oxygens (including phenoxy) is 1. The van der Waals surface area contributed by atoms with E-state index in [1.54, 1.807) is 36.4 Å². The van der Waals surface area contributed by atoms with Crippen molar-refractivity contribution in [1.82, 2.24) is 5.32 Å². The van der Waals surface area contributed by atoms with Crippen molar-refractivity contribution in [2.45, 2.75) is 12.8 Å². The molecule has 1 aliphatic heterocycles. The van der Waals surface area contributed by atoms with Gasteiger partial charge in [-0.3, -0.25) is 24.5 Å². The zero-order valence-electron chi connectivity index (χ0n) is 18.3. The standard InChI is InChI=1S/C18H12ClNO4S.C8H8O2/c19-13-8-12(9-15-17(22)20-18(23)25-15)6-7-14(13)24-16(21)10-11-4-2-1-3-5-11;9-8(10)6-7-4-2-1-3-5-7/h1-9H,10H2,(H,20,22,23);1-5H,6H2,(H,9,10)/b15-9-;. The van der Waals surface area contributed by atoms with Crippen LogP contribution in [0.4, 0.5) is 4.79 Å². The highest BCUT2D eigenvalue weighted by Gasteiger charge is 2.25. The maximum Gasteiger partial charge on any atom is 0.315 e. The van der Waals surface area contributed by atoms with Gasteiger partial charge in [-0.25, -0.2) is 0 Å². The SMILES string of the molecule is O=C(Cc1ccccc1)Oc1ccc(/C=C2\SC(=O)NC2=O)cc1Cl.O=C(O)Cc1ccccc1. The molecule has 3 aromatic carbocycles. The van der Waals surface area contributed by atoms with Gasteiger partial charge in [0.15, 0.2) is 0 Å². The molecule has 9 heteroatoms. The Balaban J connectivity index is 0.000000287. The van der Waals surface area contributed by atoms with Crippen LogP contribution in [0.25, 0.3) is 6.08 Å². The highest BCUT2D eigenvalue weighted by molar-refractivity contribution is 8.18. The first-order valence-electron chi connectivity index (χ1n) is 10.3. The van der Waals surface area contributed by atoms with Crippen LogP contribution in [0.15, 0.2) is 83.8 Å². The molecule has 0 bridgehead atoms. The number of carboxylic acids is 1. The Morgan fingerprint density at radius 2 is 1.51 bits per heavy atom. The largest absolute Gasteiger partial charge is 0.481 e. The van der Waals surface area contributed by atoms with Gasteiger partial charge in [-0.1, -0.05) is 78.3 Å². The van der Waals surface area contributed by atoms with Crippen molar-refractivity contribution in [3.63, 3.8) is 0 Å². The summed E-state index contributed by atoms with van der Waals surface area (Å²) in [7, 11) is 0. The Hall–Kier alpha value is -3.88. The van der Waals surface area contributed by atoms with Crippen molar-refractivity contribution in [2.24, 2.45) is 0 Å². The second-order valence-electron chi connectivity index (χ2n) is 7.23. The number of benzene rings is 3. The molecule has 2 amide bonds. The van der Waals surface area contributed by atoms with E-state index in [-0.39, 0.29) is 28.5 Å². The number of carbonyl (C=O) groups excluding carboxylic acids is 3.